The second-order valence-electron chi connectivity index (χ2n) is 7.27. The summed E-state index contributed by atoms with van der Waals surface area (Å²) in [7, 11) is -3.68. The zero-order valence-corrected chi connectivity index (χ0v) is 19.6. The predicted octanol–water partition coefficient (Wildman–Crippen LogP) is 4.00. The molecule has 0 aliphatic carbocycles. The van der Waals surface area contributed by atoms with E-state index in [0.717, 1.165) is 11.8 Å². The molecule has 3 aromatic carbocycles. The van der Waals surface area contributed by atoms with Crippen molar-refractivity contribution in [3.05, 3.63) is 72.8 Å². The number of nitrogens with zero attached hydrogens (tertiary/aromatic N) is 2. The number of rotatable bonds is 8. The van der Waals surface area contributed by atoms with Crippen molar-refractivity contribution in [1.29, 1.82) is 0 Å². The van der Waals surface area contributed by atoms with Gasteiger partial charge in [0.25, 0.3) is 15.2 Å². The number of hydrogen-bond acceptors (Lipinski definition) is 9. The Morgan fingerprint density at radius 1 is 0.914 bits per heavy atom. The number of carbonyl (C=O) groups is 1. The van der Waals surface area contributed by atoms with E-state index in [1.165, 1.54) is 12.1 Å². The Labute approximate surface area is 204 Å². The standard InChI is InChI=1S/C23H18N4O6S2/c28-21(24-17-10-11-19-20(12-17)32-14-31-19)13-34-23-26-25-22(33-23)15-6-8-16(9-7-15)27-35(29,30)18-4-2-1-3-5-18/h1-12,27H,13-14H2,(H,24,28). The second-order valence-corrected chi connectivity index (χ2v) is 9.88. The molecule has 0 bridgehead atoms. The first kappa shape index (κ1) is 22.7. The van der Waals surface area contributed by atoms with Gasteiger partial charge in [-0.1, -0.05) is 30.0 Å². The number of ether oxygens (including phenoxy) is 2. The van der Waals surface area contributed by atoms with E-state index in [9.17, 15) is 13.2 Å². The molecule has 12 heteroatoms. The van der Waals surface area contributed by atoms with Gasteiger partial charge in [-0.3, -0.25) is 9.52 Å². The molecule has 35 heavy (non-hydrogen) atoms. The van der Waals surface area contributed by atoms with Crippen LogP contribution in [-0.2, 0) is 14.8 Å². The summed E-state index contributed by atoms with van der Waals surface area (Å²) < 4.78 is 43.6. The van der Waals surface area contributed by atoms with Gasteiger partial charge in [0.2, 0.25) is 18.6 Å². The first-order valence-corrected chi connectivity index (χ1v) is 12.8. The highest BCUT2D eigenvalue weighted by atomic mass is 32.2. The van der Waals surface area contributed by atoms with Crippen molar-refractivity contribution in [2.75, 3.05) is 22.6 Å². The number of nitrogens with one attached hydrogen (secondary N) is 2. The van der Waals surface area contributed by atoms with Crippen LogP contribution < -0.4 is 19.5 Å². The maximum Gasteiger partial charge on any atom is 0.277 e. The van der Waals surface area contributed by atoms with Gasteiger partial charge in [-0.25, -0.2) is 8.42 Å². The van der Waals surface area contributed by atoms with Crippen molar-refractivity contribution in [3.63, 3.8) is 0 Å². The predicted molar refractivity (Wildman–Crippen MR) is 129 cm³/mol. The van der Waals surface area contributed by atoms with Crippen LogP contribution in [0.4, 0.5) is 11.4 Å². The number of anilines is 2. The lowest BCUT2D eigenvalue weighted by Gasteiger charge is -2.08. The second kappa shape index (κ2) is 9.68. The van der Waals surface area contributed by atoms with Crippen LogP contribution in [0.1, 0.15) is 0 Å². The van der Waals surface area contributed by atoms with Crippen LogP contribution in [0.15, 0.2) is 87.3 Å². The van der Waals surface area contributed by atoms with E-state index in [2.05, 4.69) is 20.2 Å². The summed E-state index contributed by atoms with van der Waals surface area (Å²) >= 11 is 1.10. The number of carbonyl (C=O) groups excluding carboxylic acids is 1. The molecular weight excluding hydrogens is 492 g/mol. The van der Waals surface area contributed by atoms with Gasteiger partial charge in [0, 0.05) is 23.0 Å². The van der Waals surface area contributed by atoms with Crippen LogP contribution in [0.2, 0.25) is 0 Å². The number of hydrogen-bond donors (Lipinski definition) is 2. The Hall–Kier alpha value is -4.03. The summed E-state index contributed by atoms with van der Waals surface area (Å²) in [5, 5.41) is 11.0. The lowest BCUT2D eigenvalue weighted by Crippen LogP contribution is -2.13. The van der Waals surface area contributed by atoms with Gasteiger partial charge in [-0.2, -0.15) is 0 Å². The van der Waals surface area contributed by atoms with E-state index in [4.69, 9.17) is 13.9 Å². The monoisotopic (exact) mass is 510 g/mol. The Morgan fingerprint density at radius 3 is 2.46 bits per heavy atom. The third-order valence-corrected chi connectivity index (χ3v) is 7.04. The van der Waals surface area contributed by atoms with Gasteiger partial charge in [0.15, 0.2) is 11.5 Å². The molecule has 1 aliphatic rings. The van der Waals surface area contributed by atoms with Crippen molar-refractivity contribution in [2.45, 2.75) is 10.1 Å². The average Bonchev–Trinajstić information content (AvgIpc) is 3.53. The molecule has 0 saturated heterocycles. The van der Waals surface area contributed by atoms with Crippen LogP contribution in [0, 0.1) is 0 Å². The number of thioether (sulfide) groups is 1. The van der Waals surface area contributed by atoms with Gasteiger partial charge in [0.05, 0.1) is 10.6 Å². The lowest BCUT2D eigenvalue weighted by molar-refractivity contribution is -0.113. The highest BCUT2D eigenvalue weighted by Crippen LogP contribution is 2.34. The zero-order chi connectivity index (χ0) is 24.3. The molecule has 2 N–H and O–H groups in total. The molecule has 0 spiro atoms. The van der Waals surface area contributed by atoms with Gasteiger partial charge in [-0.15, -0.1) is 10.2 Å². The zero-order valence-electron chi connectivity index (χ0n) is 18.0. The third kappa shape index (κ3) is 5.39. The highest BCUT2D eigenvalue weighted by molar-refractivity contribution is 7.99. The van der Waals surface area contributed by atoms with Crippen LogP contribution >= 0.6 is 11.8 Å². The SMILES string of the molecule is O=C(CSc1nnc(-c2ccc(NS(=O)(=O)c3ccccc3)cc2)o1)Nc1ccc2c(c1)OCO2. The highest BCUT2D eigenvalue weighted by Gasteiger charge is 2.16. The summed E-state index contributed by atoms with van der Waals surface area (Å²) in [4.78, 5) is 12.4. The van der Waals surface area contributed by atoms with Crippen LogP contribution in [0.5, 0.6) is 11.5 Å². The summed E-state index contributed by atoms with van der Waals surface area (Å²) in [6.45, 7) is 0.161. The molecular formula is C23H18N4O6S2. The van der Waals surface area contributed by atoms with Crippen LogP contribution in [0.25, 0.3) is 11.5 Å². The Kier molecular flexibility index (Phi) is 6.29. The minimum atomic E-state index is -3.68. The maximum absolute atomic E-state index is 12.5. The van der Waals surface area contributed by atoms with E-state index in [-0.39, 0.29) is 34.5 Å². The molecule has 0 fully saturated rings. The number of fused-ring (bicyclic) bond motifs is 1. The molecule has 4 aromatic rings. The normalized spacial score (nSPS) is 12.3. The van der Waals surface area contributed by atoms with E-state index < -0.39 is 10.0 Å². The largest absolute Gasteiger partial charge is 0.454 e. The Bertz CT molecular complexity index is 1460. The fraction of sp³-hybridized carbons (Fsp3) is 0.0870. The summed E-state index contributed by atoms with van der Waals surface area (Å²) in [5.41, 5.74) is 1.60. The summed E-state index contributed by atoms with van der Waals surface area (Å²) in [6, 6.07) is 19.8. The third-order valence-electron chi connectivity index (χ3n) is 4.83. The molecule has 0 saturated carbocycles. The first-order valence-electron chi connectivity index (χ1n) is 10.3. The van der Waals surface area contributed by atoms with Gasteiger partial charge in [0.1, 0.15) is 0 Å². The van der Waals surface area contributed by atoms with Crippen LogP contribution in [-0.4, -0.2) is 37.1 Å². The Balaban J connectivity index is 1.17. The molecule has 178 valence electrons. The fourth-order valence-corrected chi connectivity index (χ4v) is 4.82. The number of benzene rings is 3. The molecule has 1 aromatic heterocycles. The summed E-state index contributed by atoms with van der Waals surface area (Å²) in [6.07, 6.45) is 0. The molecule has 1 amide bonds. The number of aromatic nitrogens is 2. The van der Waals surface area contributed by atoms with Crippen molar-refractivity contribution in [2.24, 2.45) is 0 Å². The smallest absolute Gasteiger partial charge is 0.277 e. The lowest BCUT2D eigenvalue weighted by atomic mass is 10.2. The molecule has 0 atom stereocenters. The first-order chi connectivity index (χ1) is 17.0. The number of amides is 1. The van der Waals surface area contributed by atoms with E-state index in [1.54, 1.807) is 60.7 Å². The molecule has 0 unspecified atom stereocenters. The minimum Gasteiger partial charge on any atom is -0.454 e. The number of sulfonamides is 1. The van der Waals surface area contributed by atoms with E-state index in [0.29, 0.717) is 28.4 Å². The van der Waals surface area contributed by atoms with E-state index >= 15 is 0 Å². The van der Waals surface area contributed by atoms with E-state index in [1.807, 2.05) is 0 Å². The molecule has 5 rings (SSSR count). The Morgan fingerprint density at radius 2 is 1.66 bits per heavy atom. The van der Waals surface area contributed by atoms with Crippen molar-refractivity contribution >= 4 is 39.1 Å². The summed E-state index contributed by atoms with van der Waals surface area (Å²) in [5.74, 6) is 1.29. The topological polar surface area (TPSA) is 133 Å². The van der Waals surface area contributed by atoms with Gasteiger partial charge < -0.3 is 19.2 Å². The molecule has 10 nitrogen and oxygen atoms in total. The van der Waals surface area contributed by atoms with Crippen molar-refractivity contribution in [3.8, 4) is 23.0 Å². The van der Waals surface area contributed by atoms with Gasteiger partial charge in [-0.05, 0) is 48.5 Å². The average molecular weight is 511 g/mol. The van der Waals surface area contributed by atoms with Crippen molar-refractivity contribution in [1.82, 2.24) is 10.2 Å². The molecule has 0 radical (unpaired) electrons. The van der Waals surface area contributed by atoms with Crippen LogP contribution in [0.3, 0.4) is 0 Å². The fourth-order valence-electron chi connectivity index (χ4n) is 3.18. The minimum absolute atomic E-state index is 0.0658. The molecule has 1 aliphatic heterocycles. The maximum atomic E-state index is 12.5. The quantitative estimate of drug-likeness (QED) is 0.338. The van der Waals surface area contributed by atoms with Gasteiger partial charge >= 0.3 is 0 Å². The molecule has 2 heterocycles. The van der Waals surface area contributed by atoms with Crippen molar-refractivity contribution < 1.29 is 27.1 Å².